The Morgan fingerprint density at radius 2 is 1.41 bits per heavy atom. The first kappa shape index (κ1) is 22.2. The molecule has 0 aromatic carbocycles. The van der Waals surface area contributed by atoms with Gasteiger partial charge in [0, 0.05) is 6.08 Å². The lowest BCUT2D eigenvalue weighted by molar-refractivity contribution is -0.131. The topological polar surface area (TPSA) is 37.3 Å². The van der Waals surface area contributed by atoms with Gasteiger partial charge in [-0.05, 0) is 68.6 Å². The summed E-state index contributed by atoms with van der Waals surface area (Å²) in [6, 6.07) is 0. The Morgan fingerprint density at radius 3 is 2.00 bits per heavy atom. The normalized spacial score (nSPS) is 29.5. The van der Waals surface area contributed by atoms with Crippen LogP contribution in [0.15, 0.2) is 24.3 Å². The molecule has 0 heterocycles. The molecule has 0 saturated heterocycles. The Balaban J connectivity index is 1.56. The van der Waals surface area contributed by atoms with Crippen molar-refractivity contribution in [3.05, 3.63) is 24.3 Å². The lowest BCUT2D eigenvalue weighted by atomic mass is 9.68. The van der Waals surface area contributed by atoms with Gasteiger partial charge in [-0.1, -0.05) is 76.5 Å². The van der Waals surface area contributed by atoms with Crippen molar-refractivity contribution in [2.24, 2.45) is 23.7 Å². The van der Waals surface area contributed by atoms with E-state index in [1.807, 2.05) is 6.08 Å². The second-order valence-electron chi connectivity index (χ2n) is 9.13. The van der Waals surface area contributed by atoms with Crippen molar-refractivity contribution in [2.75, 3.05) is 0 Å². The molecule has 0 atom stereocenters. The quantitative estimate of drug-likeness (QED) is 0.230. The third-order valence-corrected chi connectivity index (χ3v) is 7.12. The predicted octanol–water partition coefficient (Wildman–Crippen LogP) is 7.55. The van der Waals surface area contributed by atoms with Crippen molar-refractivity contribution in [3.8, 4) is 0 Å². The first-order valence-corrected chi connectivity index (χ1v) is 11.7. The third kappa shape index (κ3) is 9.12. The van der Waals surface area contributed by atoms with E-state index in [2.05, 4.69) is 13.0 Å². The van der Waals surface area contributed by atoms with E-state index in [1.54, 1.807) is 6.08 Å². The van der Waals surface area contributed by atoms with E-state index in [1.165, 1.54) is 96.0 Å². The second kappa shape index (κ2) is 13.2. The van der Waals surface area contributed by atoms with Crippen LogP contribution in [0.3, 0.4) is 0 Å². The summed E-state index contributed by atoms with van der Waals surface area (Å²) in [4.78, 5) is 10.4. The number of carboxylic acids is 1. The predicted molar refractivity (Wildman–Crippen MR) is 115 cm³/mol. The molecule has 154 valence electrons. The van der Waals surface area contributed by atoms with Gasteiger partial charge < -0.3 is 5.11 Å². The number of unbranched alkanes of at least 4 members (excludes halogenated alkanes) is 4. The number of allylic oxidation sites excluding steroid dienone is 3. The van der Waals surface area contributed by atoms with Crippen molar-refractivity contribution in [2.45, 2.75) is 103 Å². The van der Waals surface area contributed by atoms with Crippen LogP contribution in [0.4, 0.5) is 0 Å². The van der Waals surface area contributed by atoms with Crippen LogP contribution >= 0.6 is 0 Å². The van der Waals surface area contributed by atoms with Crippen LogP contribution in [0.2, 0.25) is 0 Å². The van der Waals surface area contributed by atoms with Gasteiger partial charge in [-0.25, -0.2) is 4.79 Å². The van der Waals surface area contributed by atoms with Crippen molar-refractivity contribution >= 4 is 5.97 Å². The highest BCUT2D eigenvalue weighted by Gasteiger charge is 2.30. The highest BCUT2D eigenvalue weighted by atomic mass is 16.4. The Kier molecular flexibility index (Phi) is 10.9. The van der Waals surface area contributed by atoms with Gasteiger partial charge in [0.25, 0.3) is 0 Å². The number of aliphatic carboxylic acids is 1. The first-order valence-electron chi connectivity index (χ1n) is 11.7. The zero-order valence-corrected chi connectivity index (χ0v) is 17.6. The summed E-state index contributed by atoms with van der Waals surface area (Å²) in [6.45, 7) is 2.30. The molecule has 0 spiro atoms. The molecule has 2 nitrogen and oxygen atoms in total. The number of carbonyl (C=O) groups is 1. The minimum atomic E-state index is -0.869. The molecule has 2 aliphatic rings. The van der Waals surface area contributed by atoms with E-state index in [9.17, 15) is 4.79 Å². The maximum atomic E-state index is 10.4. The van der Waals surface area contributed by atoms with Crippen LogP contribution in [0.5, 0.6) is 0 Å². The Labute approximate surface area is 167 Å². The Morgan fingerprint density at radius 1 is 0.815 bits per heavy atom. The average molecular weight is 375 g/mol. The molecular weight excluding hydrogens is 332 g/mol. The van der Waals surface area contributed by atoms with E-state index in [4.69, 9.17) is 5.11 Å². The summed E-state index contributed by atoms with van der Waals surface area (Å²) >= 11 is 0. The van der Waals surface area contributed by atoms with Gasteiger partial charge in [-0.15, -0.1) is 0 Å². The van der Waals surface area contributed by atoms with Crippen LogP contribution in [-0.2, 0) is 4.79 Å². The molecule has 2 aliphatic carbocycles. The summed E-state index contributed by atoms with van der Waals surface area (Å²) in [5.41, 5.74) is 0. The fraction of sp³-hybridized carbons (Fsp3) is 0.800. The molecule has 0 radical (unpaired) electrons. The van der Waals surface area contributed by atoms with Gasteiger partial charge in [-0.3, -0.25) is 0 Å². The zero-order valence-electron chi connectivity index (χ0n) is 17.6. The monoisotopic (exact) mass is 374 g/mol. The Bertz CT molecular complexity index is 449. The number of carboxylic acid groups (broad SMARTS) is 1. The highest BCUT2D eigenvalue weighted by molar-refractivity contribution is 5.80. The van der Waals surface area contributed by atoms with Gasteiger partial charge in [0.15, 0.2) is 0 Å². The van der Waals surface area contributed by atoms with Gasteiger partial charge in [-0.2, -0.15) is 0 Å². The summed E-state index contributed by atoms with van der Waals surface area (Å²) in [5, 5.41) is 8.58. The molecule has 27 heavy (non-hydrogen) atoms. The third-order valence-electron chi connectivity index (χ3n) is 7.12. The molecular formula is C25H42O2. The fourth-order valence-electron chi connectivity index (χ4n) is 5.37. The molecule has 0 amide bonds. The van der Waals surface area contributed by atoms with E-state index >= 15 is 0 Å². The van der Waals surface area contributed by atoms with Gasteiger partial charge >= 0.3 is 5.97 Å². The number of hydrogen-bond acceptors (Lipinski definition) is 1. The Hall–Kier alpha value is -1.05. The summed E-state index contributed by atoms with van der Waals surface area (Å²) in [7, 11) is 0. The summed E-state index contributed by atoms with van der Waals surface area (Å²) in [5.74, 6) is 2.98. The SMILES string of the molecule is CCCCCCCC1CCC(C2CCC(C/C=C/C=C/C(=O)O)CC2)CC1. The second-order valence-corrected chi connectivity index (χ2v) is 9.13. The molecule has 0 aromatic heterocycles. The van der Waals surface area contributed by atoms with Crippen LogP contribution in [-0.4, -0.2) is 11.1 Å². The van der Waals surface area contributed by atoms with Crippen molar-refractivity contribution in [1.82, 2.24) is 0 Å². The minimum Gasteiger partial charge on any atom is -0.478 e. The maximum absolute atomic E-state index is 10.4. The van der Waals surface area contributed by atoms with Crippen LogP contribution in [0, 0.1) is 23.7 Å². The standard InChI is InChI=1S/C25H42O2/c1-2-3-4-5-7-10-21-13-17-23(18-14-21)24-19-15-22(16-20-24)11-8-6-9-12-25(26)27/h6,8-9,12,21-24H,2-5,7,10-11,13-20H2,1H3,(H,26,27)/b8-6+,12-9+. The van der Waals surface area contributed by atoms with Crippen LogP contribution < -0.4 is 0 Å². The van der Waals surface area contributed by atoms with E-state index in [0.717, 1.165) is 30.1 Å². The van der Waals surface area contributed by atoms with Crippen molar-refractivity contribution in [1.29, 1.82) is 0 Å². The minimum absolute atomic E-state index is 0.815. The molecule has 2 heteroatoms. The summed E-state index contributed by atoms with van der Waals surface area (Å²) < 4.78 is 0. The zero-order chi connectivity index (χ0) is 19.3. The number of hydrogen-bond donors (Lipinski definition) is 1. The maximum Gasteiger partial charge on any atom is 0.328 e. The van der Waals surface area contributed by atoms with E-state index in [-0.39, 0.29) is 0 Å². The molecule has 2 rings (SSSR count). The molecule has 2 fully saturated rings. The van der Waals surface area contributed by atoms with E-state index < -0.39 is 5.97 Å². The summed E-state index contributed by atoms with van der Waals surface area (Å²) in [6.07, 6.45) is 28.2. The van der Waals surface area contributed by atoms with E-state index in [0.29, 0.717) is 0 Å². The molecule has 1 N–H and O–H groups in total. The van der Waals surface area contributed by atoms with Crippen molar-refractivity contribution < 1.29 is 9.90 Å². The lowest BCUT2D eigenvalue weighted by Gasteiger charge is -2.37. The highest BCUT2D eigenvalue weighted by Crippen LogP contribution is 2.42. The van der Waals surface area contributed by atoms with Gasteiger partial charge in [0.05, 0.1) is 0 Å². The smallest absolute Gasteiger partial charge is 0.328 e. The molecule has 0 aliphatic heterocycles. The molecule has 0 unspecified atom stereocenters. The fourth-order valence-corrected chi connectivity index (χ4v) is 5.37. The molecule has 0 aromatic rings. The molecule has 2 saturated carbocycles. The largest absolute Gasteiger partial charge is 0.478 e. The average Bonchev–Trinajstić information content (AvgIpc) is 2.68. The van der Waals surface area contributed by atoms with Gasteiger partial charge in [0.2, 0.25) is 0 Å². The van der Waals surface area contributed by atoms with Gasteiger partial charge in [0.1, 0.15) is 0 Å². The molecule has 0 bridgehead atoms. The number of rotatable bonds is 11. The van der Waals surface area contributed by atoms with Crippen LogP contribution in [0.25, 0.3) is 0 Å². The lowest BCUT2D eigenvalue weighted by Crippen LogP contribution is -2.25. The van der Waals surface area contributed by atoms with Crippen molar-refractivity contribution in [3.63, 3.8) is 0 Å². The van der Waals surface area contributed by atoms with Crippen LogP contribution in [0.1, 0.15) is 103 Å². The first-order chi connectivity index (χ1) is 13.2.